The number of hydrogen-bond donors (Lipinski definition) is 1. The van der Waals surface area contributed by atoms with Crippen molar-refractivity contribution in [2.75, 3.05) is 13.2 Å². The van der Waals surface area contributed by atoms with E-state index >= 15 is 0 Å². The van der Waals surface area contributed by atoms with Crippen molar-refractivity contribution in [2.45, 2.75) is 36.2 Å². The summed E-state index contributed by atoms with van der Waals surface area (Å²) < 4.78 is 86.6. The lowest BCUT2D eigenvalue weighted by atomic mass is 10.0. The fraction of sp³-hybridized carbons (Fsp3) is 0.304. The van der Waals surface area contributed by atoms with Gasteiger partial charge in [0.05, 0.1) is 5.25 Å². The molecule has 1 aromatic heterocycles. The van der Waals surface area contributed by atoms with Gasteiger partial charge in [-0.05, 0) is 55.2 Å². The molecule has 1 aliphatic heterocycles. The van der Waals surface area contributed by atoms with Crippen LogP contribution in [0.5, 0.6) is 0 Å². The molecule has 0 unspecified atom stereocenters. The molecule has 0 spiro atoms. The maximum atomic E-state index is 14.9. The molecule has 1 saturated heterocycles. The zero-order chi connectivity index (χ0) is 25.1. The van der Waals surface area contributed by atoms with Crippen LogP contribution in [-0.4, -0.2) is 38.1 Å². The van der Waals surface area contributed by atoms with Crippen LogP contribution >= 0.6 is 0 Å². The van der Waals surface area contributed by atoms with E-state index in [-0.39, 0.29) is 54.1 Å². The number of halogens is 4. The Morgan fingerprint density at radius 2 is 1.91 bits per heavy atom. The third-order valence-electron chi connectivity index (χ3n) is 5.32. The average Bonchev–Trinajstić information content (AvgIpc) is 2.81. The van der Waals surface area contributed by atoms with Crippen molar-refractivity contribution in [1.29, 1.82) is 0 Å². The topological polar surface area (TPSA) is 94.6 Å². The third kappa shape index (κ3) is 5.53. The maximum absolute atomic E-state index is 14.9. The minimum absolute atomic E-state index is 0.0609. The zero-order valence-electron chi connectivity index (χ0n) is 18.3. The molecule has 0 atom stereocenters. The number of benzene rings is 1. The standard InChI is InChI=1S/C23H23F4N3O3S/c1-3-21(28)29-13-14(2)17-5-4-15(12-19(17)24)18-6-7-20(23(25,26)27)30-22(18)34(31,32)16-8-10-33-11-9-16/h3-7,12-13,16H,2,8-11,28H2,1H3/b21-3-,29-13-. The molecule has 3 rings (SSSR count). The highest BCUT2D eigenvalue weighted by molar-refractivity contribution is 7.92. The average molecular weight is 498 g/mol. The largest absolute Gasteiger partial charge is 0.433 e. The Morgan fingerprint density at radius 1 is 1.24 bits per heavy atom. The SMILES string of the molecule is C=C(/C=N\C(N)=C/C)c1ccc(-c2ccc(C(F)(F)F)nc2S(=O)(=O)C2CCOCC2)cc1F. The first-order valence-corrected chi connectivity index (χ1v) is 11.8. The number of pyridine rings is 1. The highest BCUT2D eigenvalue weighted by Gasteiger charge is 2.38. The summed E-state index contributed by atoms with van der Waals surface area (Å²) in [5, 5.41) is -1.68. The van der Waals surface area contributed by atoms with Crippen LogP contribution < -0.4 is 5.73 Å². The first-order chi connectivity index (χ1) is 15.9. The molecule has 2 N–H and O–H groups in total. The van der Waals surface area contributed by atoms with Crippen LogP contribution in [0.25, 0.3) is 16.7 Å². The maximum Gasteiger partial charge on any atom is 0.433 e. The molecule has 0 amide bonds. The van der Waals surface area contributed by atoms with E-state index in [1.54, 1.807) is 13.0 Å². The van der Waals surface area contributed by atoms with Crippen molar-refractivity contribution in [3.63, 3.8) is 0 Å². The van der Waals surface area contributed by atoms with Gasteiger partial charge in [0.1, 0.15) is 17.3 Å². The molecule has 182 valence electrons. The molecule has 11 heteroatoms. The molecule has 0 bridgehead atoms. The smallest absolute Gasteiger partial charge is 0.384 e. The number of sulfone groups is 1. The third-order valence-corrected chi connectivity index (χ3v) is 7.52. The molecule has 0 radical (unpaired) electrons. The lowest BCUT2D eigenvalue weighted by Gasteiger charge is -2.23. The number of aromatic nitrogens is 1. The molecular weight excluding hydrogens is 474 g/mol. The van der Waals surface area contributed by atoms with Gasteiger partial charge in [0.2, 0.25) is 0 Å². The van der Waals surface area contributed by atoms with Gasteiger partial charge in [0.25, 0.3) is 0 Å². The summed E-state index contributed by atoms with van der Waals surface area (Å²) in [7, 11) is -4.26. The number of nitrogens with two attached hydrogens (primary N) is 1. The van der Waals surface area contributed by atoms with Crippen molar-refractivity contribution < 1.29 is 30.7 Å². The van der Waals surface area contributed by atoms with Crippen LogP contribution in [0.15, 0.2) is 58.8 Å². The molecule has 1 aromatic carbocycles. The molecule has 1 aliphatic rings. The fourth-order valence-corrected chi connectivity index (χ4v) is 5.27. The number of rotatable bonds is 6. The highest BCUT2D eigenvalue weighted by Crippen LogP contribution is 2.36. The van der Waals surface area contributed by atoms with Gasteiger partial charge in [-0.1, -0.05) is 18.7 Å². The lowest BCUT2D eigenvalue weighted by molar-refractivity contribution is -0.141. The van der Waals surface area contributed by atoms with Gasteiger partial charge >= 0.3 is 6.18 Å². The molecule has 34 heavy (non-hydrogen) atoms. The highest BCUT2D eigenvalue weighted by atomic mass is 32.2. The van der Waals surface area contributed by atoms with Crippen molar-refractivity contribution in [3.8, 4) is 11.1 Å². The molecule has 0 aliphatic carbocycles. The van der Waals surface area contributed by atoms with Crippen molar-refractivity contribution in [1.82, 2.24) is 4.98 Å². The van der Waals surface area contributed by atoms with Crippen molar-refractivity contribution in [3.05, 3.63) is 65.9 Å². The van der Waals surface area contributed by atoms with E-state index in [1.165, 1.54) is 18.3 Å². The first kappa shape index (κ1) is 25.6. The van der Waals surface area contributed by atoms with Crippen molar-refractivity contribution >= 4 is 21.6 Å². The van der Waals surface area contributed by atoms with Crippen LogP contribution in [0.4, 0.5) is 17.6 Å². The van der Waals surface area contributed by atoms with Crippen LogP contribution in [-0.2, 0) is 20.8 Å². The summed E-state index contributed by atoms with van der Waals surface area (Å²) in [6.07, 6.45) is -1.78. The van der Waals surface area contributed by atoms with Gasteiger partial charge in [-0.3, -0.25) is 0 Å². The predicted molar refractivity (Wildman–Crippen MR) is 121 cm³/mol. The summed E-state index contributed by atoms with van der Waals surface area (Å²) in [5.74, 6) is -0.556. The normalized spacial score (nSPS) is 16.2. The van der Waals surface area contributed by atoms with Gasteiger partial charge in [-0.25, -0.2) is 22.8 Å². The molecule has 2 aromatic rings. The Labute approximate surface area is 194 Å². The predicted octanol–water partition coefficient (Wildman–Crippen LogP) is 4.76. The molecule has 6 nitrogen and oxygen atoms in total. The zero-order valence-corrected chi connectivity index (χ0v) is 19.1. The van der Waals surface area contributed by atoms with E-state index in [2.05, 4.69) is 16.6 Å². The van der Waals surface area contributed by atoms with Gasteiger partial charge in [-0.2, -0.15) is 13.2 Å². The van der Waals surface area contributed by atoms with E-state index in [1.807, 2.05) is 0 Å². The van der Waals surface area contributed by atoms with E-state index < -0.39 is 37.8 Å². The Kier molecular flexibility index (Phi) is 7.57. The summed E-state index contributed by atoms with van der Waals surface area (Å²) >= 11 is 0. The molecular formula is C23H23F4N3O3S. The van der Waals surface area contributed by atoms with Crippen LogP contribution in [0.1, 0.15) is 31.0 Å². The number of hydrogen-bond acceptors (Lipinski definition) is 6. The number of allylic oxidation sites excluding steroid dienone is 2. The number of alkyl halides is 3. The second-order valence-electron chi connectivity index (χ2n) is 7.60. The number of nitrogens with zero attached hydrogens (tertiary/aromatic N) is 2. The quantitative estimate of drug-likeness (QED) is 0.459. The molecule has 2 heterocycles. The van der Waals surface area contributed by atoms with Gasteiger partial charge in [0.15, 0.2) is 14.9 Å². The second-order valence-corrected chi connectivity index (χ2v) is 9.74. The summed E-state index contributed by atoms with van der Waals surface area (Å²) in [4.78, 5) is 7.39. The Balaban J connectivity index is 2.09. The molecule has 1 fully saturated rings. The minimum atomic E-state index is -4.85. The van der Waals surface area contributed by atoms with Gasteiger partial charge < -0.3 is 10.5 Å². The summed E-state index contributed by atoms with van der Waals surface area (Å²) in [5.41, 5.74) is 4.45. The van der Waals surface area contributed by atoms with E-state index in [0.717, 1.165) is 12.1 Å². The number of aliphatic imine (C=N–C) groups is 1. The van der Waals surface area contributed by atoms with Crippen LogP contribution in [0.3, 0.4) is 0 Å². The molecule has 0 saturated carbocycles. The van der Waals surface area contributed by atoms with E-state index in [4.69, 9.17) is 10.5 Å². The summed E-state index contributed by atoms with van der Waals surface area (Å²) in [6.45, 7) is 5.75. The van der Waals surface area contributed by atoms with Gasteiger partial charge in [-0.15, -0.1) is 0 Å². The second kappa shape index (κ2) is 10.1. The van der Waals surface area contributed by atoms with Crippen LogP contribution in [0, 0.1) is 5.82 Å². The van der Waals surface area contributed by atoms with Crippen LogP contribution in [0.2, 0.25) is 0 Å². The van der Waals surface area contributed by atoms with Gasteiger partial charge in [0, 0.05) is 30.6 Å². The van der Waals surface area contributed by atoms with E-state index in [9.17, 15) is 26.0 Å². The fourth-order valence-electron chi connectivity index (χ4n) is 3.42. The first-order valence-electron chi connectivity index (χ1n) is 10.3. The summed E-state index contributed by atoms with van der Waals surface area (Å²) in [6, 6.07) is 5.44. The number of ether oxygens (including phenoxy) is 1. The van der Waals surface area contributed by atoms with Crippen molar-refractivity contribution in [2.24, 2.45) is 10.7 Å². The lowest BCUT2D eigenvalue weighted by Crippen LogP contribution is -2.30. The van der Waals surface area contributed by atoms with E-state index in [0.29, 0.717) is 6.07 Å². The minimum Gasteiger partial charge on any atom is -0.384 e. The Bertz CT molecular complexity index is 1250. The Morgan fingerprint density at radius 3 is 2.50 bits per heavy atom. The Hall–Kier alpha value is -3.05. The monoisotopic (exact) mass is 497 g/mol.